The summed E-state index contributed by atoms with van der Waals surface area (Å²) >= 11 is 1.26. The number of anilines is 1. The first-order valence-corrected chi connectivity index (χ1v) is 8.00. The molecule has 1 heterocycles. The molecule has 0 bridgehead atoms. The Balaban J connectivity index is 0.00000338. The molecule has 0 saturated heterocycles. The number of carbonyl (C=O) groups excluding carboxylic acids is 2. The molecule has 0 aliphatic carbocycles. The van der Waals surface area contributed by atoms with Crippen molar-refractivity contribution in [1.29, 1.82) is 0 Å². The Morgan fingerprint density at radius 1 is 1.27 bits per heavy atom. The predicted octanol–water partition coefficient (Wildman–Crippen LogP) is 2.16. The van der Waals surface area contributed by atoms with Gasteiger partial charge in [0.2, 0.25) is 11.8 Å². The molecule has 0 aliphatic rings. The van der Waals surface area contributed by atoms with Gasteiger partial charge in [-0.3, -0.25) is 9.59 Å². The van der Waals surface area contributed by atoms with E-state index in [-0.39, 0.29) is 31.2 Å². The van der Waals surface area contributed by atoms with Gasteiger partial charge in [0.05, 0.1) is 18.8 Å². The van der Waals surface area contributed by atoms with E-state index in [0.717, 1.165) is 4.88 Å². The van der Waals surface area contributed by atoms with Crippen LogP contribution in [0.1, 0.15) is 4.88 Å². The van der Waals surface area contributed by atoms with E-state index in [4.69, 9.17) is 5.73 Å². The number of hydrogen-bond donors (Lipinski definition) is 3. The Labute approximate surface area is 158 Å². The molecule has 142 valence electrons. The minimum atomic E-state index is -2.88. The molecule has 0 aliphatic heterocycles. The molecule has 2 rings (SSSR count). The van der Waals surface area contributed by atoms with E-state index in [0.29, 0.717) is 16.4 Å². The van der Waals surface area contributed by atoms with Crippen LogP contribution in [0.5, 0.6) is 5.75 Å². The zero-order valence-corrected chi connectivity index (χ0v) is 15.3. The number of amides is 2. The number of alkyl halides is 2. The van der Waals surface area contributed by atoms with Gasteiger partial charge >= 0.3 is 6.61 Å². The van der Waals surface area contributed by atoms with Gasteiger partial charge in [0.1, 0.15) is 5.75 Å². The molecule has 2 aromatic rings. The van der Waals surface area contributed by atoms with Crippen LogP contribution in [0, 0.1) is 6.92 Å². The standard InChI is InChI=1S/C15H16F2N4O3S.ClH/c1-8-13(9-2-4-10(5-3-9)24-14(16)17)21-15(25-8)20-12(23)7-19-11(22)6-18;/h2-5,14H,6-7,18H2,1H3,(H,19,22)(H,20,21,23);1H. The quantitative estimate of drug-likeness (QED) is 0.653. The molecule has 26 heavy (non-hydrogen) atoms. The van der Waals surface area contributed by atoms with E-state index in [1.807, 2.05) is 6.92 Å². The second-order valence-electron chi connectivity index (χ2n) is 4.86. The van der Waals surface area contributed by atoms with Gasteiger partial charge in [0.25, 0.3) is 0 Å². The van der Waals surface area contributed by atoms with Crippen LogP contribution in [0.25, 0.3) is 11.3 Å². The van der Waals surface area contributed by atoms with Crippen LogP contribution >= 0.6 is 23.7 Å². The topological polar surface area (TPSA) is 106 Å². The Kier molecular flexibility index (Phi) is 8.36. The lowest BCUT2D eigenvalue weighted by Gasteiger charge is -2.05. The Morgan fingerprint density at radius 3 is 2.50 bits per heavy atom. The first kappa shape index (κ1) is 21.7. The number of halogens is 3. The van der Waals surface area contributed by atoms with E-state index in [1.165, 1.54) is 23.5 Å². The molecule has 1 aromatic heterocycles. The Hall–Kier alpha value is -2.30. The number of aryl methyl sites for hydroxylation is 1. The molecular formula is C15H17ClF2N4O3S. The minimum Gasteiger partial charge on any atom is -0.435 e. The molecule has 0 radical (unpaired) electrons. The summed E-state index contributed by atoms with van der Waals surface area (Å²) in [6.45, 7) is -1.46. The molecule has 11 heteroatoms. The van der Waals surface area contributed by atoms with Crippen molar-refractivity contribution in [2.24, 2.45) is 5.73 Å². The fraction of sp³-hybridized carbons (Fsp3) is 0.267. The maximum Gasteiger partial charge on any atom is 0.387 e. The van der Waals surface area contributed by atoms with Gasteiger partial charge in [-0.1, -0.05) is 0 Å². The zero-order chi connectivity index (χ0) is 18.4. The summed E-state index contributed by atoms with van der Waals surface area (Å²) in [6.07, 6.45) is 0. The monoisotopic (exact) mass is 406 g/mol. The van der Waals surface area contributed by atoms with Crippen molar-refractivity contribution in [2.45, 2.75) is 13.5 Å². The number of rotatable bonds is 7. The number of ether oxygens (including phenoxy) is 1. The van der Waals surface area contributed by atoms with E-state index < -0.39 is 18.4 Å². The van der Waals surface area contributed by atoms with E-state index in [2.05, 4.69) is 20.4 Å². The maximum absolute atomic E-state index is 12.2. The summed E-state index contributed by atoms with van der Waals surface area (Å²) in [5.41, 5.74) is 6.45. The average molecular weight is 407 g/mol. The second kappa shape index (κ2) is 10.00. The van der Waals surface area contributed by atoms with Crippen LogP contribution in [0.2, 0.25) is 0 Å². The van der Waals surface area contributed by atoms with Gasteiger partial charge in [-0.25, -0.2) is 4.98 Å². The molecule has 0 saturated carbocycles. The molecule has 1 aromatic carbocycles. The van der Waals surface area contributed by atoms with Crippen LogP contribution < -0.4 is 21.1 Å². The van der Waals surface area contributed by atoms with Gasteiger partial charge in [-0.05, 0) is 31.2 Å². The van der Waals surface area contributed by atoms with Crippen LogP contribution in [-0.2, 0) is 9.59 Å². The van der Waals surface area contributed by atoms with Crippen molar-refractivity contribution in [1.82, 2.24) is 10.3 Å². The Morgan fingerprint density at radius 2 is 1.92 bits per heavy atom. The highest BCUT2D eigenvalue weighted by Crippen LogP contribution is 2.31. The number of nitrogens with one attached hydrogen (secondary N) is 2. The van der Waals surface area contributed by atoms with E-state index in [9.17, 15) is 18.4 Å². The predicted molar refractivity (Wildman–Crippen MR) is 96.9 cm³/mol. The molecule has 2 amide bonds. The third kappa shape index (κ3) is 6.21. The van der Waals surface area contributed by atoms with Gasteiger partial charge in [-0.15, -0.1) is 23.7 Å². The fourth-order valence-electron chi connectivity index (χ4n) is 1.93. The summed E-state index contributed by atoms with van der Waals surface area (Å²) in [6, 6.07) is 6.04. The zero-order valence-electron chi connectivity index (χ0n) is 13.6. The van der Waals surface area contributed by atoms with Crippen LogP contribution in [-0.4, -0.2) is 36.5 Å². The van der Waals surface area contributed by atoms with Crippen molar-refractivity contribution >= 4 is 40.7 Å². The highest BCUT2D eigenvalue weighted by Gasteiger charge is 2.13. The van der Waals surface area contributed by atoms with Gasteiger partial charge < -0.3 is 21.1 Å². The molecule has 0 fully saturated rings. The third-order valence-electron chi connectivity index (χ3n) is 3.03. The smallest absolute Gasteiger partial charge is 0.387 e. The molecule has 0 atom stereocenters. The summed E-state index contributed by atoms with van der Waals surface area (Å²) in [5, 5.41) is 5.30. The number of benzene rings is 1. The third-order valence-corrected chi connectivity index (χ3v) is 3.91. The first-order chi connectivity index (χ1) is 11.9. The number of aromatic nitrogens is 1. The number of nitrogens with zero attached hydrogens (tertiary/aromatic N) is 1. The molecular weight excluding hydrogens is 390 g/mol. The largest absolute Gasteiger partial charge is 0.435 e. The lowest BCUT2D eigenvalue weighted by Crippen LogP contribution is -2.36. The van der Waals surface area contributed by atoms with Crippen molar-refractivity contribution in [3.05, 3.63) is 29.1 Å². The molecule has 0 unspecified atom stereocenters. The molecule has 7 nitrogen and oxygen atoms in total. The van der Waals surface area contributed by atoms with Gasteiger partial charge in [0.15, 0.2) is 5.13 Å². The van der Waals surface area contributed by atoms with Crippen LogP contribution in [0.15, 0.2) is 24.3 Å². The summed E-state index contributed by atoms with van der Waals surface area (Å²) in [4.78, 5) is 27.9. The Bertz CT molecular complexity index is 756. The highest BCUT2D eigenvalue weighted by atomic mass is 35.5. The van der Waals surface area contributed by atoms with Crippen molar-refractivity contribution in [3.8, 4) is 17.0 Å². The second-order valence-corrected chi connectivity index (χ2v) is 6.06. The van der Waals surface area contributed by atoms with Crippen LogP contribution in [0.4, 0.5) is 13.9 Å². The number of carbonyl (C=O) groups is 2. The van der Waals surface area contributed by atoms with Gasteiger partial charge in [-0.2, -0.15) is 8.78 Å². The summed E-state index contributed by atoms with van der Waals surface area (Å²) in [5.74, 6) is -0.809. The first-order valence-electron chi connectivity index (χ1n) is 7.18. The lowest BCUT2D eigenvalue weighted by molar-refractivity contribution is -0.123. The molecule has 4 N–H and O–H groups in total. The van der Waals surface area contributed by atoms with Gasteiger partial charge in [0, 0.05) is 10.4 Å². The summed E-state index contributed by atoms with van der Waals surface area (Å²) < 4.78 is 28.6. The van der Waals surface area contributed by atoms with E-state index in [1.54, 1.807) is 12.1 Å². The number of thiazole rings is 1. The SMILES string of the molecule is Cc1sc(NC(=O)CNC(=O)CN)nc1-c1ccc(OC(F)F)cc1.Cl. The fourth-order valence-corrected chi connectivity index (χ4v) is 2.78. The average Bonchev–Trinajstić information content (AvgIpc) is 2.93. The van der Waals surface area contributed by atoms with Crippen LogP contribution in [0.3, 0.4) is 0 Å². The normalized spacial score (nSPS) is 10.2. The summed E-state index contributed by atoms with van der Waals surface area (Å²) in [7, 11) is 0. The van der Waals surface area contributed by atoms with E-state index >= 15 is 0 Å². The molecule has 0 spiro atoms. The maximum atomic E-state index is 12.2. The highest BCUT2D eigenvalue weighted by molar-refractivity contribution is 7.16. The van der Waals surface area contributed by atoms with Crippen molar-refractivity contribution < 1.29 is 23.1 Å². The lowest BCUT2D eigenvalue weighted by atomic mass is 10.1. The minimum absolute atomic E-state index is 0. The number of hydrogen-bond acceptors (Lipinski definition) is 6. The van der Waals surface area contributed by atoms with Crippen molar-refractivity contribution in [2.75, 3.05) is 18.4 Å². The van der Waals surface area contributed by atoms with Crippen molar-refractivity contribution in [3.63, 3.8) is 0 Å². The number of nitrogens with two attached hydrogens (primary N) is 1.